The summed E-state index contributed by atoms with van der Waals surface area (Å²) in [6.07, 6.45) is 0. The number of benzene rings is 2. The van der Waals surface area contributed by atoms with Crippen LogP contribution in [0.2, 0.25) is 0 Å². The van der Waals surface area contributed by atoms with Crippen molar-refractivity contribution in [2.45, 2.75) is 0 Å². The lowest BCUT2D eigenvalue weighted by Crippen LogP contribution is -2.47. The highest BCUT2D eigenvalue weighted by Crippen LogP contribution is 2.39. The second-order valence-corrected chi connectivity index (χ2v) is 6.16. The van der Waals surface area contributed by atoms with Gasteiger partial charge in [0.1, 0.15) is 0 Å². The van der Waals surface area contributed by atoms with Gasteiger partial charge >= 0.3 is 0 Å². The maximum absolute atomic E-state index is 11.7. The summed E-state index contributed by atoms with van der Waals surface area (Å²) in [7, 11) is 0. The fourth-order valence-corrected chi connectivity index (χ4v) is 3.25. The summed E-state index contributed by atoms with van der Waals surface area (Å²) in [5.41, 5.74) is 1.51. The molecule has 0 aromatic heterocycles. The molecule has 0 radical (unpaired) electrons. The lowest BCUT2D eigenvalue weighted by atomic mass is 10.1. The SMILES string of the molecule is NNC(=O)c1cc([N+](=O)[O-])c(N2CCN(c3ccccc3)CC2)c([N+](=O)[O-])c1. The van der Waals surface area contributed by atoms with E-state index in [-0.39, 0.29) is 11.3 Å². The van der Waals surface area contributed by atoms with Crippen LogP contribution in [-0.2, 0) is 0 Å². The first-order valence-electron chi connectivity index (χ1n) is 8.45. The van der Waals surface area contributed by atoms with E-state index in [1.165, 1.54) is 0 Å². The number of nitrogen functional groups attached to an aromatic ring is 1. The van der Waals surface area contributed by atoms with E-state index in [1.54, 1.807) is 4.90 Å². The Hall–Kier alpha value is -3.73. The summed E-state index contributed by atoms with van der Waals surface area (Å²) in [4.78, 5) is 37.2. The standard InChI is InChI=1S/C17H18N6O5/c18-19-17(24)12-10-14(22(25)26)16(15(11-12)23(27)28)21-8-6-20(7-9-21)13-4-2-1-3-5-13/h1-5,10-11H,6-9,18H2,(H,19,24). The Bertz CT molecular complexity index is 877. The number of nitro groups is 2. The van der Waals surface area contributed by atoms with Crippen LogP contribution in [0.4, 0.5) is 22.7 Å². The molecule has 1 saturated heterocycles. The van der Waals surface area contributed by atoms with Gasteiger partial charge in [0.15, 0.2) is 5.69 Å². The lowest BCUT2D eigenvalue weighted by Gasteiger charge is -2.36. The third-order valence-electron chi connectivity index (χ3n) is 4.57. The van der Waals surface area contributed by atoms with Gasteiger partial charge in [-0.1, -0.05) is 18.2 Å². The van der Waals surface area contributed by atoms with Gasteiger partial charge in [-0.2, -0.15) is 0 Å². The van der Waals surface area contributed by atoms with E-state index in [9.17, 15) is 25.0 Å². The van der Waals surface area contributed by atoms with Crippen LogP contribution in [-0.4, -0.2) is 41.9 Å². The maximum Gasteiger partial charge on any atom is 0.300 e. The summed E-state index contributed by atoms with van der Waals surface area (Å²) < 4.78 is 0. The van der Waals surface area contributed by atoms with Crippen molar-refractivity contribution in [2.24, 2.45) is 5.84 Å². The average Bonchev–Trinajstić information content (AvgIpc) is 2.72. The molecule has 11 nitrogen and oxygen atoms in total. The monoisotopic (exact) mass is 386 g/mol. The van der Waals surface area contributed by atoms with Crippen LogP contribution in [0.3, 0.4) is 0 Å². The average molecular weight is 386 g/mol. The van der Waals surface area contributed by atoms with E-state index in [0.29, 0.717) is 26.2 Å². The minimum atomic E-state index is -0.841. The Kier molecular flexibility index (Phi) is 5.36. The molecule has 3 rings (SSSR count). The number of hydrogen-bond acceptors (Lipinski definition) is 8. The smallest absolute Gasteiger partial charge is 0.300 e. The number of piperazine rings is 1. The molecule has 3 N–H and O–H groups in total. The number of hydrogen-bond donors (Lipinski definition) is 2. The normalized spacial score (nSPS) is 13.9. The zero-order chi connectivity index (χ0) is 20.3. The van der Waals surface area contributed by atoms with Crippen molar-refractivity contribution < 1.29 is 14.6 Å². The molecule has 2 aromatic carbocycles. The molecule has 0 saturated carbocycles. The highest BCUT2D eigenvalue weighted by Gasteiger charge is 2.33. The van der Waals surface area contributed by atoms with Crippen LogP contribution in [0.5, 0.6) is 0 Å². The fraction of sp³-hybridized carbons (Fsp3) is 0.235. The van der Waals surface area contributed by atoms with Crippen LogP contribution in [0.25, 0.3) is 0 Å². The molecule has 1 fully saturated rings. The molecule has 0 aliphatic carbocycles. The van der Waals surface area contributed by atoms with Gasteiger partial charge in [0.2, 0.25) is 0 Å². The lowest BCUT2D eigenvalue weighted by molar-refractivity contribution is -0.392. The van der Waals surface area contributed by atoms with E-state index in [1.807, 2.05) is 35.8 Å². The number of amides is 1. The van der Waals surface area contributed by atoms with E-state index in [4.69, 9.17) is 5.84 Å². The van der Waals surface area contributed by atoms with Gasteiger partial charge in [0, 0.05) is 44.0 Å². The van der Waals surface area contributed by atoms with E-state index in [2.05, 4.69) is 4.90 Å². The summed E-state index contributed by atoms with van der Waals surface area (Å²) in [6, 6.07) is 11.7. The first-order valence-corrected chi connectivity index (χ1v) is 8.45. The van der Waals surface area contributed by atoms with Crippen molar-refractivity contribution >= 4 is 28.7 Å². The van der Waals surface area contributed by atoms with Gasteiger partial charge in [-0.05, 0) is 12.1 Å². The molecule has 1 aliphatic rings. The van der Waals surface area contributed by atoms with Gasteiger partial charge in [0.05, 0.1) is 15.4 Å². The quantitative estimate of drug-likeness (QED) is 0.339. The number of nitrogens with zero attached hydrogens (tertiary/aromatic N) is 4. The molecule has 1 aliphatic heterocycles. The highest BCUT2D eigenvalue weighted by molar-refractivity contribution is 5.97. The van der Waals surface area contributed by atoms with Crippen LogP contribution in [0.1, 0.15) is 10.4 Å². The molecule has 28 heavy (non-hydrogen) atoms. The third-order valence-corrected chi connectivity index (χ3v) is 4.57. The molecule has 146 valence electrons. The molecule has 0 atom stereocenters. The first kappa shape index (κ1) is 19.0. The number of nitrogens with two attached hydrogens (primary N) is 1. The Labute approximate surface area is 159 Å². The Morgan fingerprint density at radius 2 is 1.43 bits per heavy atom. The summed E-state index contributed by atoms with van der Waals surface area (Å²) in [5.74, 6) is 4.21. The van der Waals surface area contributed by atoms with Gasteiger partial charge in [-0.15, -0.1) is 0 Å². The van der Waals surface area contributed by atoms with Gasteiger partial charge in [-0.25, -0.2) is 5.84 Å². The molecule has 0 spiro atoms. The van der Waals surface area contributed by atoms with E-state index >= 15 is 0 Å². The van der Waals surface area contributed by atoms with E-state index < -0.39 is 27.1 Å². The number of carbonyl (C=O) groups excluding carboxylic acids is 1. The van der Waals surface area contributed by atoms with Crippen molar-refractivity contribution in [1.29, 1.82) is 0 Å². The van der Waals surface area contributed by atoms with Crippen molar-refractivity contribution in [3.05, 3.63) is 68.3 Å². The van der Waals surface area contributed by atoms with Crippen LogP contribution in [0, 0.1) is 20.2 Å². The Balaban J connectivity index is 1.96. The van der Waals surface area contributed by atoms with Crippen LogP contribution in [0.15, 0.2) is 42.5 Å². The zero-order valence-electron chi connectivity index (χ0n) is 14.8. The van der Waals surface area contributed by atoms with Gasteiger partial charge in [0.25, 0.3) is 17.3 Å². The molecule has 1 heterocycles. The largest absolute Gasteiger partial charge is 0.368 e. The predicted molar refractivity (Wildman–Crippen MR) is 102 cm³/mol. The summed E-state index contributed by atoms with van der Waals surface area (Å²) >= 11 is 0. The maximum atomic E-state index is 11.7. The van der Waals surface area contributed by atoms with Crippen molar-refractivity contribution in [2.75, 3.05) is 36.0 Å². The second kappa shape index (κ2) is 7.88. The number of anilines is 2. The van der Waals surface area contributed by atoms with Crippen LogP contribution >= 0.6 is 0 Å². The topological polar surface area (TPSA) is 148 Å². The third kappa shape index (κ3) is 3.69. The number of para-hydroxylation sites is 1. The zero-order valence-corrected chi connectivity index (χ0v) is 14.8. The molecule has 0 bridgehead atoms. The Morgan fingerprint density at radius 1 is 0.929 bits per heavy atom. The summed E-state index contributed by atoms with van der Waals surface area (Å²) in [6.45, 7) is 1.81. The van der Waals surface area contributed by atoms with Gasteiger partial charge < -0.3 is 9.80 Å². The number of carbonyl (C=O) groups is 1. The van der Waals surface area contributed by atoms with Crippen molar-refractivity contribution in [3.63, 3.8) is 0 Å². The fourth-order valence-electron chi connectivity index (χ4n) is 3.25. The number of hydrazine groups is 1. The Morgan fingerprint density at radius 3 is 1.89 bits per heavy atom. The number of nitrogens with one attached hydrogen (secondary N) is 1. The predicted octanol–water partition coefficient (Wildman–Crippen LogP) is 1.43. The molecule has 11 heteroatoms. The highest BCUT2D eigenvalue weighted by atomic mass is 16.6. The van der Waals surface area contributed by atoms with Gasteiger partial charge in [-0.3, -0.25) is 30.4 Å². The molecule has 1 amide bonds. The minimum Gasteiger partial charge on any atom is -0.368 e. The molecule has 0 unspecified atom stereocenters. The number of rotatable bonds is 5. The number of nitro benzene ring substituents is 2. The molecular formula is C17H18N6O5. The summed E-state index contributed by atoms with van der Waals surface area (Å²) in [5, 5.41) is 23.1. The van der Waals surface area contributed by atoms with E-state index in [0.717, 1.165) is 17.8 Å². The molecular weight excluding hydrogens is 368 g/mol. The van der Waals surface area contributed by atoms with Crippen molar-refractivity contribution in [1.82, 2.24) is 5.43 Å². The van der Waals surface area contributed by atoms with Crippen molar-refractivity contribution in [3.8, 4) is 0 Å². The van der Waals surface area contributed by atoms with Crippen LogP contribution < -0.4 is 21.1 Å². The minimum absolute atomic E-state index is 0.101. The first-order chi connectivity index (χ1) is 13.4. The molecule has 2 aromatic rings. The second-order valence-electron chi connectivity index (χ2n) is 6.16.